The molecule has 1 rings (SSSR count). The number of halogens is 1. The van der Waals surface area contributed by atoms with Gasteiger partial charge in [-0.25, -0.2) is 8.42 Å². The molecule has 1 aromatic rings. The number of ether oxygens (including phenoxy) is 1. The largest absolute Gasteiger partial charge is 0.385 e. The average Bonchev–Trinajstić information content (AvgIpc) is 2.78. The van der Waals surface area contributed by atoms with E-state index < -0.39 is 15.0 Å². The van der Waals surface area contributed by atoms with Crippen LogP contribution in [-0.4, -0.2) is 44.8 Å². The van der Waals surface area contributed by atoms with Gasteiger partial charge >= 0.3 is 0 Å². The number of H-pyrrole nitrogens is 1. The summed E-state index contributed by atoms with van der Waals surface area (Å²) in [6, 6.07) is 0. The van der Waals surface area contributed by atoms with E-state index in [9.17, 15) is 13.2 Å². The van der Waals surface area contributed by atoms with Crippen molar-refractivity contribution in [3.05, 3.63) is 11.4 Å². The highest BCUT2D eigenvalue weighted by atomic mass is 35.7. The fraction of sp³-hybridized carbons (Fsp3) is 0.600. The Balaban J connectivity index is 2.89. The fourth-order valence-corrected chi connectivity index (χ4v) is 2.88. The maximum Gasteiger partial charge on any atom is 0.273 e. The second kappa shape index (κ2) is 6.88. The quantitative estimate of drug-likeness (QED) is 0.569. The molecule has 0 atom stereocenters. The minimum absolute atomic E-state index is 0.204. The summed E-state index contributed by atoms with van der Waals surface area (Å²) in [5, 5.41) is 8.79. The molecule has 0 aliphatic rings. The van der Waals surface area contributed by atoms with Crippen molar-refractivity contribution in [3.63, 3.8) is 0 Å². The lowest BCUT2D eigenvalue weighted by Gasteiger charge is -2.04. The number of nitrogens with zero attached hydrogens (tertiary/aromatic N) is 1. The van der Waals surface area contributed by atoms with Gasteiger partial charge in [0.25, 0.3) is 15.0 Å². The molecule has 0 saturated carbocycles. The standard InChI is InChI=1S/C10H16ClN3O4S/c1-3-7-9(19(11,16)17)8(14-13-7)10(15)12-5-4-6-18-2/h3-6H2,1-2H3,(H,12,15)(H,13,14). The van der Waals surface area contributed by atoms with Crippen LogP contribution in [0.2, 0.25) is 0 Å². The van der Waals surface area contributed by atoms with Gasteiger partial charge in [-0.2, -0.15) is 5.10 Å². The van der Waals surface area contributed by atoms with Crippen molar-refractivity contribution in [2.75, 3.05) is 20.3 Å². The molecule has 1 aromatic heterocycles. The topological polar surface area (TPSA) is 101 Å². The van der Waals surface area contributed by atoms with Gasteiger partial charge in [-0.05, 0) is 12.8 Å². The minimum Gasteiger partial charge on any atom is -0.385 e. The first-order valence-corrected chi connectivity index (χ1v) is 8.01. The van der Waals surface area contributed by atoms with Crippen LogP contribution in [-0.2, 0) is 20.2 Å². The SMILES string of the molecule is CCc1[nH]nc(C(=O)NCCCOC)c1S(=O)(=O)Cl. The van der Waals surface area contributed by atoms with Gasteiger partial charge in [-0.1, -0.05) is 6.92 Å². The number of nitrogens with one attached hydrogen (secondary N) is 2. The molecule has 0 radical (unpaired) electrons. The lowest BCUT2D eigenvalue weighted by Crippen LogP contribution is -2.26. The number of carbonyl (C=O) groups excluding carboxylic acids is 1. The van der Waals surface area contributed by atoms with Crippen molar-refractivity contribution in [1.29, 1.82) is 0 Å². The van der Waals surface area contributed by atoms with E-state index in [1.165, 1.54) is 0 Å². The summed E-state index contributed by atoms with van der Waals surface area (Å²) in [6.07, 6.45) is 1.00. The van der Waals surface area contributed by atoms with E-state index in [4.69, 9.17) is 15.4 Å². The summed E-state index contributed by atoms with van der Waals surface area (Å²) in [7, 11) is 2.87. The Bertz CT molecular complexity index is 541. The first-order chi connectivity index (χ1) is 8.91. The van der Waals surface area contributed by atoms with Crippen LogP contribution in [0.3, 0.4) is 0 Å². The van der Waals surface area contributed by atoms with Crippen molar-refractivity contribution < 1.29 is 17.9 Å². The van der Waals surface area contributed by atoms with E-state index in [0.29, 0.717) is 31.7 Å². The number of aromatic amines is 1. The summed E-state index contributed by atoms with van der Waals surface area (Å²) >= 11 is 0. The van der Waals surface area contributed by atoms with Gasteiger partial charge in [-0.3, -0.25) is 9.89 Å². The van der Waals surface area contributed by atoms with E-state index in [1.807, 2.05) is 0 Å². The highest BCUT2D eigenvalue weighted by Gasteiger charge is 2.27. The van der Waals surface area contributed by atoms with Crippen LogP contribution in [0.5, 0.6) is 0 Å². The van der Waals surface area contributed by atoms with Crippen LogP contribution in [0.1, 0.15) is 29.5 Å². The van der Waals surface area contributed by atoms with Crippen molar-refractivity contribution >= 4 is 25.6 Å². The molecular weight excluding hydrogens is 294 g/mol. The number of methoxy groups -OCH3 is 1. The number of rotatable bonds is 7. The van der Waals surface area contributed by atoms with Gasteiger partial charge in [0.1, 0.15) is 4.90 Å². The maximum absolute atomic E-state index is 11.8. The minimum atomic E-state index is -4.02. The predicted octanol–water partition coefficient (Wildman–Crippen LogP) is 0.666. The maximum atomic E-state index is 11.8. The molecule has 19 heavy (non-hydrogen) atoms. The molecule has 0 spiro atoms. The first kappa shape index (κ1) is 15.9. The molecule has 108 valence electrons. The molecule has 2 N–H and O–H groups in total. The first-order valence-electron chi connectivity index (χ1n) is 5.70. The third kappa shape index (κ3) is 4.19. The molecule has 7 nitrogen and oxygen atoms in total. The number of aryl methyl sites for hydroxylation is 1. The summed E-state index contributed by atoms with van der Waals surface area (Å²) < 4.78 is 27.8. The molecule has 0 unspecified atom stereocenters. The number of carbonyl (C=O) groups is 1. The summed E-state index contributed by atoms with van der Waals surface area (Å²) in [4.78, 5) is 11.6. The summed E-state index contributed by atoms with van der Waals surface area (Å²) in [6.45, 7) is 2.60. The number of amides is 1. The third-order valence-corrected chi connectivity index (χ3v) is 3.81. The van der Waals surface area contributed by atoms with Crippen LogP contribution in [0.15, 0.2) is 4.90 Å². The van der Waals surface area contributed by atoms with E-state index in [0.717, 1.165) is 0 Å². The second-order valence-electron chi connectivity index (χ2n) is 3.77. The van der Waals surface area contributed by atoms with E-state index in [-0.39, 0.29) is 10.6 Å². The third-order valence-electron chi connectivity index (χ3n) is 2.42. The smallest absolute Gasteiger partial charge is 0.273 e. The van der Waals surface area contributed by atoms with Crippen LogP contribution in [0, 0.1) is 0 Å². The molecule has 0 aliphatic heterocycles. The molecule has 0 aromatic carbocycles. The van der Waals surface area contributed by atoms with E-state index in [1.54, 1.807) is 14.0 Å². The Kier molecular flexibility index (Phi) is 5.77. The Morgan fingerprint density at radius 2 is 2.21 bits per heavy atom. The molecule has 1 heterocycles. The van der Waals surface area contributed by atoms with Crippen molar-refractivity contribution in [2.24, 2.45) is 0 Å². The summed E-state index contributed by atoms with van der Waals surface area (Å²) in [5.41, 5.74) is 0.112. The van der Waals surface area contributed by atoms with Gasteiger partial charge < -0.3 is 10.1 Å². The molecule has 9 heteroatoms. The zero-order valence-electron chi connectivity index (χ0n) is 10.7. The van der Waals surface area contributed by atoms with Crippen LogP contribution in [0.25, 0.3) is 0 Å². The normalized spacial score (nSPS) is 11.5. The van der Waals surface area contributed by atoms with Gasteiger partial charge in [0.15, 0.2) is 5.69 Å². The van der Waals surface area contributed by atoms with Crippen molar-refractivity contribution in [2.45, 2.75) is 24.7 Å². The van der Waals surface area contributed by atoms with Crippen LogP contribution < -0.4 is 5.32 Å². The average molecular weight is 310 g/mol. The molecule has 0 fully saturated rings. The monoisotopic (exact) mass is 309 g/mol. The Hall–Kier alpha value is -1.12. The van der Waals surface area contributed by atoms with Crippen molar-refractivity contribution in [3.8, 4) is 0 Å². The Labute approximate surface area is 116 Å². The van der Waals surface area contributed by atoms with Crippen LogP contribution in [0.4, 0.5) is 0 Å². The van der Waals surface area contributed by atoms with Crippen LogP contribution >= 0.6 is 10.7 Å². The van der Waals surface area contributed by atoms with Gasteiger partial charge in [-0.15, -0.1) is 0 Å². The van der Waals surface area contributed by atoms with E-state index >= 15 is 0 Å². The Morgan fingerprint density at radius 1 is 1.53 bits per heavy atom. The number of hydrogen-bond acceptors (Lipinski definition) is 5. The van der Waals surface area contributed by atoms with E-state index in [2.05, 4.69) is 15.5 Å². The molecule has 0 aliphatic carbocycles. The molecule has 0 bridgehead atoms. The lowest BCUT2D eigenvalue weighted by atomic mass is 10.3. The summed E-state index contributed by atoms with van der Waals surface area (Å²) in [5.74, 6) is -0.578. The number of hydrogen-bond donors (Lipinski definition) is 2. The second-order valence-corrected chi connectivity index (χ2v) is 6.28. The molecular formula is C10H16ClN3O4S. The Morgan fingerprint density at radius 3 is 2.74 bits per heavy atom. The highest BCUT2D eigenvalue weighted by Crippen LogP contribution is 2.22. The fourth-order valence-electron chi connectivity index (χ4n) is 1.53. The van der Waals surface area contributed by atoms with Gasteiger partial charge in [0.2, 0.25) is 0 Å². The van der Waals surface area contributed by atoms with Gasteiger partial charge in [0.05, 0.1) is 5.69 Å². The molecule has 0 saturated heterocycles. The zero-order valence-corrected chi connectivity index (χ0v) is 12.3. The van der Waals surface area contributed by atoms with Gasteiger partial charge in [0, 0.05) is 30.9 Å². The predicted molar refractivity (Wildman–Crippen MR) is 69.8 cm³/mol. The lowest BCUT2D eigenvalue weighted by molar-refractivity contribution is 0.0940. The van der Waals surface area contributed by atoms with Crippen molar-refractivity contribution in [1.82, 2.24) is 15.5 Å². The highest BCUT2D eigenvalue weighted by molar-refractivity contribution is 8.13. The zero-order chi connectivity index (χ0) is 14.5. The number of aromatic nitrogens is 2. The molecule has 1 amide bonds.